The molecule has 0 aliphatic carbocycles. The number of hydrogen-bond donors (Lipinski definition) is 2. The van der Waals surface area contributed by atoms with Crippen molar-refractivity contribution in [3.8, 4) is 0 Å². The maximum Gasteiger partial charge on any atom is 0.276 e. The van der Waals surface area contributed by atoms with E-state index in [0.29, 0.717) is 11.5 Å². The van der Waals surface area contributed by atoms with Crippen LogP contribution in [-0.2, 0) is 0 Å². The second-order valence-electron chi connectivity index (χ2n) is 3.53. The van der Waals surface area contributed by atoms with Gasteiger partial charge in [-0.3, -0.25) is 9.89 Å². The van der Waals surface area contributed by atoms with Gasteiger partial charge in [0.1, 0.15) is 5.69 Å². The van der Waals surface area contributed by atoms with Gasteiger partial charge in [0.15, 0.2) is 5.82 Å². The number of hydrogen-bond acceptors (Lipinski definition) is 4. The number of amides is 1. The smallest absolute Gasteiger partial charge is 0.276 e. The van der Waals surface area contributed by atoms with Crippen LogP contribution in [0, 0.1) is 20.8 Å². The monoisotopic (exact) mass is 236 g/mol. The topological polar surface area (TPSA) is 70.7 Å². The van der Waals surface area contributed by atoms with E-state index in [4.69, 9.17) is 0 Å². The molecule has 0 aromatic carbocycles. The van der Waals surface area contributed by atoms with Crippen LogP contribution in [-0.4, -0.2) is 21.1 Å². The summed E-state index contributed by atoms with van der Waals surface area (Å²) in [4.78, 5) is 16.9. The zero-order chi connectivity index (χ0) is 11.7. The number of aromatic nitrogens is 3. The Morgan fingerprint density at radius 3 is 2.69 bits per heavy atom. The first-order valence-electron chi connectivity index (χ1n) is 4.83. The van der Waals surface area contributed by atoms with Crippen LogP contribution in [0.1, 0.15) is 26.1 Å². The molecule has 2 aromatic heterocycles. The third-order valence-electron chi connectivity index (χ3n) is 2.07. The lowest BCUT2D eigenvalue weighted by Crippen LogP contribution is -2.13. The van der Waals surface area contributed by atoms with Gasteiger partial charge in [0.25, 0.3) is 5.91 Å². The highest BCUT2D eigenvalue weighted by Crippen LogP contribution is 2.17. The predicted octanol–water partition coefficient (Wildman–Crippen LogP) is 2.04. The number of carbonyl (C=O) groups is 1. The fraction of sp³-hybridized carbons (Fsp3) is 0.300. The number of carbonyl (C=O) groups excluding carboxylic acids is 1. The van der Waals surface area contributed by atoms with Gasteiger partial charge in [-0.1, -0.05) is 0 Å². The van der Waals surface area contributed by atoms with E-state index in [1.807, 2.05) is 20.8 Å². The lowest BCUT2D eigenvalue weighted by molar-refractivity contribution is 0.102. The van der Waals surface area contributed by atoms with Gasteiger partial charge in [0.2, 0.25) is 0 Å². The number of aromatic amines is 1. The van der Waals surface area contributed by atoms with Crippen molar-refractivity contribution in [1.82, 2.24) is 15.2 Å². The fourth-order valence-electron chi connectivity index (χ4n) is 1.40. The van der Waals surface area contributed by atoms with Crippen LogP contribution < -0.4 is 5.32 Å². The largest absolute Gasteiger partial charge is 0.304 e. The summed E-state index contributed by atoms with van der Waals surface area (Å²) in [6.45, 7) is 5.64. The van der Waals surface area contributed by atoms with Crippen LogP contribution in [0.5, 0.6) is 0 Å². The molecule has 6 heteroatoms. The molecule has 0 fully saturated rings. The number of rotatable bonds is 2. The normalized spacial score (nSPS) is 10.4. The quantitative estimate of drug-likeness (QED) is 0.838. The third kappa shape index (κ3) is 2.11. The molecule has 0 unspecified atom stereocenters. The lowest BCUT2D eigenvalue weighted by Gasteiger charge is -1.98. The highest BCUT2D eigenvalue weighted by Gasteiger charge is 2.14. The molecule has 0 saturated carbocycles. The van der Waals surface area contributed by atoms with E-state index in [0.717, 1.165) is 15.6 Å². The first kappa shape index (κ1) is 10.8. The molecule has 0 bridgehead atoms. The van der Waals surface area contributed by atoms with E-state index in [-0.39, 0.29) is 5.91 Å². The summed E-state index contributed by atoms with van der Waals surface area (Å²) in [6, 6.07) is 1.77. The zero-order valence-corrected chi connectivity index (χ0v) is 10.1. The first-order valence-corrected chi connectivity index (χ1v) is 5.65. The van der Waals surface area contributed by atoms with Gasteiger partial charge < -0.3 is 5.32 Å². The summed E-state index contributed by atoms with van der Waals surface area (Å²) in [5, 5.41) is 10.3. The Morgan fingerprint density at radius 2 is 2.19 bits per heavy atom. The molecule has 2 heterocycles. The molecule has 0 aliphatic rings. The highest BCUT2D eigenvalue weighted by atomic mass is 32.1. The van der Waals surface area contributed by atoms with E-state index in [2.05, 4.69) is 20.5 Å². The molecule has 2 N–H and O–H groups in total. The maximum absolute atomic E-state index is 11.8. The molecule has 0 saturated heterocycles. The Labute approximate surface area is 96.9 Å². The Morgan fingerprint density at radius 1 is 1.44 bits per heavy atom. The third-order valence-corrected chi connectivity index (χ3v) is 2.95. The number of nitrogens with zero attached hydrogens (tertiary/aromatic N) is 2. The fourth-order valence-corrected chi connectivity index (χ4v) is 2.21. The van der Waals surface area contributed by atoms with Crippen LogP contribution in [0.2, 0.25) is 0 Å². The van der Waals surface area contributed by atoms with E-state index in [1.54, 1.807) is 6.07 Å². The molecular formula is C10H12N4OS. The molecule has 0 aliphatic heterocycles. The summed E-state index contributed by atoms with van der Waals surface area (Å²) in [5.74, 6) is 0.306. The van der Waals surface area contributed by atoms with Crippen molar-refractivity contribution >= 4 is 23.1 Å². The zero-order valence-electron chi connectivity index (χ0n) is 9.29. The van der Waals surface area contributed by atoms with E-state index < -0.39 is 0 Å². The second-order valence-corrected chi connectivity index (χ2v) is 4.94. The van der Waals surface area contributed by atoms with Gasteiger partial charge in [-0.05, 0) is 20.8 Å². The Hall–Kier alpha value is -1.69. The molecule has 0 spiro atoms. The Kier molecular flexibility index (Phi) is 2.74. The number of H-pyrrole nitrogens is 1. The number of anilines is 1. The van der Waals surface area contributed by atoms with Crippen LogP contribution in [0.25, 0.3) is 0 Å². The van der Waals surface area contributed by atoms with Crippen molar-refractivity contribution in [3.63, 3.8) is 0 Å². The van der Waals surface area contributed by atoms with Crippen LogP contribution in [0.15, 0.2) is 6.07 Å². The average molecular weight is 236 g/mol. The molecule has 0 radical (unpaired) electrons. The first-order chi connectivity index (χ1) is 7.56. The summed E-state index contributed by atoms with van der Waals surface area (Å²) < 4.78 is 0. The van der Waals surface area contributed by atoms with Crippen molar-refractivity contribution in [3.05, 3.63) is 27.3 Å². The minimum Gasteiger partial charge on any atom is -0.304 e. The molecule has 2 aromatic rings. The van der Waals surface area contributed by atoms with Crippen LogP contribution in [0.3, 0.4) is 0 Å². The van der Waals surface area contributed by atoms with Crippen molar-refractivity contribution in [2.45, 2.75) is 20.8 Å². The second kappa shape index (κ2) is 4.05. The number of aryl methyl sites for hydroxylation is 3. The van der Waals surface area contributed by atoms with E-state index in [9.17, 15) is 4.79 Å². The van der Waals surface area contributed by atoms with Crippen LogP contribution in [0.4, 0.5) is 5.82 Å². The maximum atomic E-state index is 11.8. The van der Waals surface area contributed by atoms with Crippen LogP contribution >= 0.6 is 11.3 Å². The summed E-state index contributed by atoms with van der Waals surface area (Å²) in [6.07, 6.45) is 0. The molecule has 16 heavy (non-hydrogen) atoms. The minimum atomic E-state index is -0.214. The summed E-state index contributed by atoms with van der Waals surface area (Å²) in [7, 11) is 0. The van der Waals surface area contributed by atoms with E-state index in [1.165, 1.54) is 11.3 Å². The van der Waals surface area contributed by atoms with Gasteiger partial charge in [-0.2, -0.15) is 5.10 Å². The summed E-state index contributed by atoms with van der Waals surface area (Å²) in [5.41, 5.74) is 1.38. The van der Waals surface area contributed by atoms with Crippen molar-refractivity contribution < 1.29 is 4.79 Å². The number of nitrogens with one attached hydrogen (secondary N) is 2. The molecule has 2 rings (SSSR count). The van der Waals surface area contributed by atoms with Gasteiger partial charge in [0.05, 0.1) is 5.01 Å². The molecule has 84 valence electrons. The number of thiazole rings is 1. The predicted molar refractivity (Wildman–Crippen MR) is 62.9 cm³/mol. The minimum absolute atomic E-state index is 0.214. The summed E-state index contributed by atoms with van der Waals surface area (Å²) >= 11 is 1.51. The Balaban J connectivity index is 2.17. The standard InChI is InChI=1S/C10H12N4OS/c1-5-4-8(14-13-5)12-10(15)9-6(2)16-7(3)11-9/h4H,1-3H3,(H2,12,13,14,15). The average Bonchev–Trinajstić information content (AvgIpc) is 2.73. The van der Waals surface area contributed by atoms with Crippen molar-refractivity contribution in [2.75, 3.05) is 5.32 Å². The molecule has 1 amide bonds. The van der Waals surface area contributed by atoms with Crippen molar-refractivity contribution in [1.29, 1.82) is 0 Å². The Bertz CT molecular complexity index is 529. The molecular weight excluding hydrogens is 224 g/mol. The van der Waals surface area contributed by atoms with Gasteiger partial charge >= 0.3 is 0 Å². The SMILES string of the molecule is Cc1cc(NC(=O)c2nc(C)sc2C)n[nH]1. The van der Waals surface area contributed by atoms with Crippen molar-refractivity contribution in [2.24, 2.45) is 0 Å². The van der Waals surface area contributed by atoms with Gasteiger partial charge in [-0.25, -0.2) is 4.98 Å². The molecule has 5 nitrogen and oxygen atoms in total. The highest BCUT2D eigenvalue weighted by molar-refractivity contribution is 7.11. The van der Waals surface area contributed by atoms with Gasteiger partial charge in [0, 0.05) is 16.6 Å². The van der Waals surface area contributed by atoms with Gasteiger partial charge in [-0.15, -0.1) is 11.3 Å². The van der Waals surface area contributed by atoms with E-state index >= 15 is 0 Å². The molecule has 0 atom stereocenters. The lowest BCUT2D eigenvalue weighted by atomic mass is 10.3.